The zero-order chi connectivity index (χ0) is 20.9. The molecule has 30 heavy (non-hydrogen) atoms. The standard InChI is InChI=1S/C28H29NS/c1-28(2,3)21-14-12-19(13-15-21)18-8-10-20(11-9-18)26-24(29)17-16-23-22-6-4-5-7-25(22)30-27(23)26/h4-12,14,16-17,23,27H,13,15,29H2,1-3H3. The van der Waals surface area contributed by atoms with Crippen molar-refractivity contribution in [3.05, 3.63) is 101 Å². The molecule has 2 N–H and O–H groups in total. The molecule has 2 aromatic carbocycles. The average molecular weight is 412 g/mol. The van der Waals surface area contributed by atoms with Gasteiger partial charge in [-0.3, -0.25) is 0 Å². The van der Waals surface area contributed by atoms with Crippen molar-refractivity contribution in [2.75, 3.05) is 0 Å². The Morgan fingerprint density at radius 1 is 0.900 bits per heavy atom. The van der Waals surface area contributed by atoms with E-state index in [9.17, 15) is 0 Å². The first-order valence-electron chi connectivity index (χ1n) is 10.9. The molecule has 3 aliphatic rings. The van der Waals surface area contributed by atoms with Crippen LogP contribution >= 0.6 is 11.8 Å². The van der Waals surface area contributed by atoms with Gasteiger partial charge in [0, 0.05) is 21.8 Å². The third-order valence-electron chi connectivity index (χ3n) is 6.62. The average Bonchev–Trinajstić information content (AvgIpc) is 3.12. The van der Waals surface area contributed by atoms with Crippen LogP contribution in [-0.2, 0) is 0 Å². The van der Waals surface area contributed by atoms with Crippen molar-refractivity contribution in [3.63, 3.8) is 0 Å². The molecule has 1 heterocycles. The Morgan fingerprint density at radius 3 is 2.33 bits per heavy atom. The minimum atomic E-state index is 0.261. The fraction of sp³-hybridized carbons (Fsp3) is 0.286. The van der Waals surface area contributed by atoms with Crippen LogP contribution in [0.4, 0.5) is 0 Å². The van der Waals surface area contributed by atoms with Crippen molar-refractivity contribution < 1.29 is 0 Å². The predicted octanol–water partition coefficient (Wildman–Crippen LogP) is 7.33. The lowest BCUT2D eigenvalue weighted by atomic mass is 9.79. The van der Waals surface area contributed by atoms with E-state index >= 15 is 0 Å². The van der Waals surface area contributed by atoms with E-state index in [1.165, 1.54) is 32.7 Å². The van der Waals surface area contributed by atoms with E-state index in [2.05, 4.69) is 93.6 Å². The zero-order valence-electron chi connectivity index (χ0n) is 18.0. The van der Waals surface area contributed by atoms with E-state index in [1.54, 1.807) is 5.57 Å². The zero-order valence-corrected chi connectivity index (χ0v) is 18.8. The van der Waals surface area contributed by atoms with Crippen LogP contribution in [0, 0.1) is 5.41 Å². The highest BCUT2D eigenvalue weighted by Crippen LogP contribution is 2.53. The first-order valence-corrected chi connectivity index (χ1v) is 11.7. The van der Waals surface area contributed by atoms with E-state index in [-0.39, 0.29) is 5.41 Å². The molecule has 2 heteroatoms. The van der Waals surface area contributed by atoms with E-state index in [0.29, 0.717) is 11.2 Å². The molecule has 0 saturated heterocycles. The summed E-state index contributed by atoms with van der Waals surface area (Å²) < 4.78 is 0. The van der Waals surface area contributed by atoms with Crippen LogP contribution in [0.5, 0.6) is 0 Å². The highest BCUT2D eigenvalue weighted by molar-refractivity contribution is 8.00. The summed E-state index contributed by atoms with van der Waals surface area (Å²) in [6, 6.07) is 17.8. The molecule has 0 saturated carbocycles. The van der Waals surface area contributed by atoms with Gasteiger partial charge in [-0.1, -0.05) is 87.0 Å². The number of allylic oxidation sites excluding steroid dienone is 6. The van der Waals surface area contributed by atoms with Gasteiger partial charge in [0.2, 0.25) is 0 Å². The fourth-order valence-corrected chi connectivity index (χ4v) is 6.38. The SMILES string of the molecule is CC(C)(C)C1=CC=C(c2ccc(C3=C(N)C=CC4c5ccccc5SC34)cc2)CC1. The van der Waals surface area contributed by atoms with Crippen molar-refractivity contribution in [2.45, 2.75) is 49.7 Å². The Bertz CT molecular complexity index is 1110. The van der Waals surface area contributed by atoms with Crippen LogP contribution in [0.25, 0.3) is 11.1 Å². The summed E-state index contributed by atoms with van der Waals surface area (Å²) >= 11 is 1.95. The monoisotopic (exact) mass is 411 g/mol. The van der Waals surface area contributed by atoms with Gasteiger partial charge in [0.05, 0.1) is 0 Å². The number of rotatable bonds is 2. The number of hydrogen-bond donors (Lipinski definition) is 1. The van der Waals surface area contributed by atoms with Gasteiger partial charge >= 0.3 is 0 Å². The third-order valence-corrected chi connectivity index (χ3v) is 8.02. The van der Waals surface area contributed by atoms with Crippen molar-refractivity contribution in [2.24, 2.45) is 11.1 Å². The maximum absolute atomic E-state index is 6.50. The number of nitrogens with two attached hydrogens (primary N) is 1. The summed E-state index contributed by atoms with van der Waals surface area (Å²) in [7, 11) is 0. The Balaban J connectivity index is 1.43. The lowest BCUT2D eigenvalue weighted by molar-refractivity contribution is 0.482. The van der Waals surface area contributed by atoms with Crippen LogP contribution in [0.15, 0.2) is 89.0 Å². The summed E-state index contributed by atoms with van der Waals surface area (Å²) in [5, 5.41) is 0.365. The molecule has 2 aromatic rings. The molecule has 1 aliphatic heterocycles. The molecule has 0 amide bonds. The molecular formula is C28H29NS. The van der Waals surface area contributed by atoms with Crippen molar-refractivity contribution in [1.82, 2.24) is 0 Å². The van der Waals surface area contributed by atoms with E-state index in [4.69, 9.17) is 5.73 Å². The molecule has 0 radical (unpaired) electrons. The normalized spacial score (nSPS) is 23.0. The molecule has 0 aromatic heterocycles. The van der Waals surface area contributed by atoms with Gasteiger partial charge in [0.1, 0.15) is 0 Å². The molecule has 2 atom stereocenters. The fourth-order valence-electron chi connectivity index (χ4n) is 4.84. The maximum atomic E-state index is 6.50. The number of thioether (sulfide) groups is 1. The van der Waals surface area contributed by atoms with Gasteiger partial charge in [0.15, 0.2) is 0 Å². The molecular weight excluding hydrogens is 382 g/mol. The Labute approximate surface area is 184 Å². The van der Waals surface area contributed by atoms with E-state index < -0.39 is 0 Å². The minimum absolute atomic E-state index is 0.261. The Hall–Kier alpha value is -2.45. The lowest BCUT2D eigenvalue weighted by Gasteiger charge is -2.27. The summed E-state index contributed by atoms with van der Waals surface area (Å²) in [5.41, 5.74) is 15.9. The first kappa shape index (κ1) is 19.5. The molecule has 0 bridgehead atoms. The van der Waals surface area contributed by atoms with Gasteiger partial charge in [-0.05, 0) is 58.2 Å². The van der Waals surface area contributed by atoms with Crippen molar-refractivity contribution >= 4 is 22.9 Å². The van der Waals surface area contributed by atoms with Crippen molar-refractivity contribution in [3.8, 4) is 0 Å². The third kappa shape index (κ3) is 3.37. The molecule has 152 valence electrons. The minimum Gasteiger partial charge on any atom is -0.398 e. The van der Waals surface area contributed by atoms with Gasteiger partial charge in [0.25, 0.3) is 0 Å². The molecule has 0 fully saturated rings. The number of benzene rings is 2. The molecule has 0 spiro atoms. The molecule has 1 nitrogen and oxygen atoms in total. The van der Waals surface area contributed by atoms with Crippen LogP contribution in [0.3, 0.4) is 0 Å². The van der Waals surface area contributed by atoms with Crippen molar-refractivity contribution in [1.29, 1.82) is 0 Å². The predicted molar refractivity (Wildman–Crippen MR) is 130 cm³/mol. The van der Waals surface area contributed by atoms with Crippen LogP contribution in [0.2, 0.25) is 0 Å². The van der Waals surface area contributed by atoms with Crippen LogP contribution < -0.4 is 5.73 Å². The molecule has 2 unspecified atom stereocenters. The Morgan fingerprint density at radius 2 is 1.63 bits per heavy atom. The second kappa shape index (κ2) is 7.35. The quantitative estimate of drug-likeness (QED) is 0.559. The van der Waals surface area contributed by atoms with Gasteiger partial charge < -0.3 is 5.73 Å². The van der Waals surface area contributed by atoms with Gasteiger partial charge in [-0.2, -0.15) is 0 Å². The molecule has 5 rings (SSSR count). The smallest absolute Gasteiger partial charge is 0.0474 e. The van der Waals surface area contributed by atoms with Crippen LogP contribution in [0.1, 0.15) is 56.2 Å². The van der Waals surface area contributed by atoms with Gasteiger partial charge in [-0.25, -0.2) is 0 Å². The maximum Gasteiger partial charge on any atom is 0.0474 e. The highest BCUT2D eigenvalue weighted by atomic mass is 32.2. The summed E-state index contributed by atoms with van der Waals surface area (Å²) in [6.45, 7) is 6.90. The second-order valence-electron chi connectivity index (χ2n) is 9.54. The van der Waals surface area contributed by atoms with E-state index in [1.807, 2.05) is 11.8 Å². The van der Waals surface area contributed by atoms with E-state index in [0.717, 1.165) is 18.5 Å². The molecule has 2 aliphatic carbocycles. The summed E-state index contributed by atoms with van der Waals surface area (Å²) in [6.07, 6.45) is 11.3. The number of fused-ring (bicyclic) bond motifs is 3. The summed E-state index contributed by atoms with van der Waals surface area (Å²) in [4.78, 5) is 1.38. The lowest BCUT2D eigenvalue weighted by Crippen LogP contribution is -2.18. The highest BCUT2D eigenvalue weighted by Gasteiger charge is 2.37. The van der Waals surface area contributed by atoms with Gasteiger partial charge in [-0.15, -0.1) is 11.8 Å². The summed E-state index contributed by atoms with van der Waals surface area (Å²) in [5.74, 6) is 0.412. The second-order valence-corrected chi connectivity index (χ2v) is 10.7. The topological polar surface area (TPSA) is 26.0 Å². The van der Waals surface area contributed by atoms with Crippen LogP contribution in [-0.4, -0.2) is 5.25 Å². The largest absolute Gasteiger partial charge is 0.398 e. The first-order chi connectivity index (χ1) is 14.4. The number of hydrogen-bond acceptors (Lipinski definition) is 2. The Kier molecular flexibility index (Phi) is 4.78.